The number of aromatic nitrogens is 2. The molecule has 1 aliphatic rings. The van der Waals surface area contributed by atoms with E-state index in [0.717, 1.165) is 0 Å². The maximum absolute atomic E-state index is 9.64. The zero-order valence-corrected chi connectivity index (χ0v) is 8.80. The van der Waals surface area contributed by atoms with E-state index in [2.05, 4.69) is 10.2 Å². The summed E-state index contributed by atoms with van der Waals surface area (Å²) in [5.74, 6) is 0.175. The van der Waals surface area contributed by atoms with E-state index in [1.54, 1.807) is 0 Å². The standard InChI is InChI=1S/C9H14N2O6/c12-3-4-6(13)7(14)8(15)9(16-4)17-5-1-2-10-11-5/h1-2,4,6-9,12-15H,3H2,(H,10,11)/t4-,6-,7+,8-,9+/m1/s1. The van der Waals surface area contributed by atoms with Crippen molar-refractivity contribution >= 4 is 0 Å². The van der Waals surface area contributed by atoms with Crippen molar-refractivity contribution < 1.29 is 29.9 Å². The summed E-state index contributed by atoms with van der Waals surface area (Å²) in [6, 6.07) is 1.50. The van der Waals surface area contributed by atoms with Gasteiger partial charge in [-0.1, -0.05) is 0 Å². The van der Waals surface area contributed by atoms with Gasteiger partial charge >= 0.3 is 0 Å². The summed E-state index contributed by atoms with van der Waals surface area (Å²) in [5, 5.41) is 43.8. The van der Waals surface area contributed by atoms with Crippen molar-refractivity contribution in [1.82, 2.24) is 10.2 Å². The van der Waals surface area contributed by atoms with Crippen LogP contribution in [0.3, 0.4) is 0 Å². The van der Waals surface area contributed by atoms with Gasteiger partial charge in [0.2, 0.25) is 12.2 Å². The smallest absolute Gasteiger partial charge is 0.234 e. The van der Waals surface area contributed by atoms with Gasteiger partial charge < -0.3 is 29.9 Å². The van der Waals surface area contributed by atoms with Crippen molar-refractivity contribution in [2.75, 3.05) is 6.61 Å². The highest BCUT2D eigenvalue weighted by Gasteiger charge is 2.44. The number of aliphatic hydroxyl groups excluding tert-OH is 4. The first-order valence-electron chi connectivity index (χ1n) is 5.10. The third kappa shape index (κ3) is 2.40. The highest BCUT2D eigenvalue weighted by atomic mass is 16.7. The van der Waals surface area contributed by atoms with Crippen LogP contribution in [-0.2, 0) is 4.74 Å². The molecule has 8 nitrogen and oxygen atoms in total. The lowest BCUT2D eigenvalue weighted by atomic mass is 9.99. The lowest BCUT2D eigenvalue weighted by Crippen LogP contribution is -2.60. The molecular formula is C9H14N2O6. The summed E-state index contributed by atoms with van der Waals surface area (Å²) < 4.78 is 10.3. The predicted octanol–water partition coefficient (Wildman–Crippen LogP) is -2.41. The van der Waals surface area contributed by atoms with E-state index in [1.165, 1.54) is 12.3 Å². The second kappa shape index (κ2) is 4.98. The number of H-pyrrole nitrogens is 1. The number of nitrogens with zero attached hydrogens (tertiary/aromatic N) is 1. The Morgan fingerprint density at radius 3 is 2.65 bits per heavy atom. The zero-order valence-electron chi connectivity index (χ0n) is 8.80. The van der Waals surface area contributed by atoms with E-state index in [9.17, 15) is 15.3 Å². The lowest BCUT2D eigenvalue weighted by Gasteiger charge is -2.39. The molecule has 0 amide bonds. The van der Waals surface area contributed by atoms with Gasteiger partial charge in [-0.15, -0.1) is 5.10 Å². The Bertz CT molecular complexity index is 343. The second-order valence-electron chi connectivity index (χ2n) is 3.73. The van der Waals surface area contributed by atoms with Gasteiger partial charge in [-0.25, -0.2) is 0 Å². The molecule has 8 heteroatoms. The summed E-state index contributed by atoms with van der Waals surface area (Å²) in [6.07, 6.45) is -4.95. The quantitative estimate of drug-likeness (QED) is 0.402. The Morgan fingerprint density at radius 1 is 1.29 bits per heavy atom. The summed E-state index contributed by atoms with van der Waals surface area (Å²) in [4.78, 5) is 0. The summed E-state index contributed by atoms with van der Waals surface area (Å²) in [7, 11) is 0. The molecule has 5 atom stereocenters. The normalized spacial score (nSPS) is 38.0. The van der Waals surface area contributed by atoms with Gasteiger partial charge in [-0.2, -0.15) is 0 Å². The first-order chi connectivity index (χ1) is 8.13. The van der Waals surface area contributed by atoms with Crippen molar-refractivity contribution in [1.29, 1.82) is 0 Å². The molecular weight excluding hydrogens is 232 g/mol. The molecule has 0 aliphatic carbocycles. The minimum absolute atomic E-state index is 0.175. The van der Waals surface area contributed by atoms with Crippen LogP contribution in [0.1, 0.15) is 0 Å². The molecule has 17 heavy (non-hydrogen) atoms. The van der Waals surface area contributed by atoms with E-state index in [-0.39, 0.29) is 5.88 Å². The molecule has 0 aromatic carbocycles. The van der Waals surface area contributed by atoms with Crippen LogP contribution in [0.5, 0.6) is 5.88 Å². The number of aromatic amines is 1. The van der Waals surface area contributed by atoms with Gasteiger partial charge in [0.1, 0.15) is 24.4 Å². The van der Waals surface area contributed by atoms with Crippen molar-refractivity contribution in [2.45, 2.75) is 30.7 Å². The van der Waals surface area contributed by atoms with Gasteiger partial charge in [0.05, 0.1) is 6.61 Å². The van der Waals surface area contributed by atoms with Crippen molar-refractivity contribution in [3.05, 3.63) is 12.3 Å². The molecule has 1 aliphatic heterocycles. The molecule has 0 spiro atoms. The van der Waals surface area contributed by atoms with Crippen LogP contribution in [-0.4, -0.2) is 67.9 Å². The van der Waals surface area contributed by atoms with E-state index in [0.29, 0.717) is 0 Å². The zero-order chi connectivity index (χ0) is 12.4. The summed E-state index contributed by atoms with van der Waals surface area (Å²) in [6.45, 7) is -0.495. The fourth-order valence-electron chi connectivity index (χ4n) is 1.60. The van der Waals surface area contributed by atoms with Crippen LogP contribution < -0.4 is 4.74 Å². The molecule has 0 bridgehead atoms. The van der Waals surface area contributed by atoms with Gasteiger partial charge in [0, 0.05) is 12.3 Å². The van der Waals surface area contributed by atoms with E-state index in [4.69, 9.17) is 14.6 Å². The first kappa shape index (κ1) is 12.3. The molecule has 96 valence electrons. The van der Waals surface area contributed by atoms with Crippen molar-refractivity contribution in [2.24, 2.45) is 0 Å². The van der Waals surface area contributed by atoms with E-state index >= 15 is 0 Å². The topological polar surface area (TPSA) is 128 Å². The Kier molecular flexibility index (Phi) is 3.60. The minimum atomic E-state index is -1.45. The van der Waals surface area contributed by atoms with E-state index < -0.39 is 37.3 Å². The van der Waals surface area contributed by atoms with Crippen LogP contribution in [0, 0.1) is 0 Å². The second-order valence-corrected chi connectivity index (χ2v) is 3.73. The van der Waals surface area contributed by atoms with Gasteiger partial charge in [0.15, 0.2) is 0 Å². The van der Waals surface area contributed by atoms with Crippen LogP contribution in [0.2, 0.25) is 0 Å². The number of hydrogen-bond donors (Lipinski definition) is 5. The third-order valence-electron chi connectivity index (χ3n) is 2.56. The fraction of sp³-hybridized carbons (Fsp3) is 0.667. The Labute approximate surface area is 96.4 Å². The Balaban J connectivity index is 2.06. The van der Waals surface area contributed by atoms with Crippen LogP contribution >= 0.6 is 0 Å². The molecule has 0 saturated carbocycles. The third-order valence-corrected chi connectivity index (χ3v) is 2.56. The number of nitrogens with one attached hydrogen (secondary N) is 1. The number of aliphatic hydroxyl groups is 4. The number of rotatable bonds is 3. The van der Waals surface area contributed by atoms with Crippen LogP contribution in [0.4, 0.5) is 0 Å². The maximum Gasteiger partial charge on any atom is 0.234 e. The Hall–Kier alpha value is -1.19. The lowest BCUT2D eigenvalue weighted by molar-refractivity contribution is -0.278. The monoisotopic (exact) mass is 246 g/mol. The molecule has 2 heterocycles. The maximum atomic E-state index is 9.64. The molecule has 5 N–H and O–H groups in total. The highest BCUT2D eigenvalue weighted by molar-refractivity contribution is 5.05. The average molecular weight is 246 g/mol. The van der Waals surface area contributed by atoms with Gasteiger partial charge in [-0.3, -0.25) is 5.10 Å². The SMILES string of the molecule is OC[C@H]1O[C@@H](Oc2cc[nH]n2)[C@H](O)[C@@H](O)[C@@H]1O. The predicted molar refractivity (Wildman–Crippen MR) is 53.0 cm³/mol. The molecule has 0 radical (unpaired) electrons. The highest BCUT2D eigenvalue weighted by Crippen LogP contribution is 2.22. The molecule has 1 fully saturated rings. The van der Waals surface area contributed by atoms with Crippen LogP contribution in [0.25, 0.3) is 0 Å². The number of ether oxygens (including phenoxy) is 2. The average Bonchev–Trinajstić information content (AvgIpc) is 2.83. The molecule has 2 rings (SSSR count). The van der Waals surface area contributed by atoms with E-state index in [1.807, 2.05) is 0 Å². The summed E-state index contributed by atoms with van der Waals surface area (Å²) in [5.41, 5.74) is 0. The number of hydrogen-bond acceptors (Lipinski definition) is 7. The molecule has 1 aromatic heterocycles. The van der Waals surface area contributed by atoms with Gasteiger partial charge in [0.25, 0.3) is 0 Å². The van der Waals surface area contributed by atoms with Crippen molar-refractivity contribution in [3.8, 4) is 5.88 Å². The minimum Gasteiger partial charge on any atom is -0.444 e. The van der Waals surface area contributed by atoms with Crippen LogP contribution in [0.15, 0.2) is 12.3 Å². The fourth-order valence-corrected chi connectivity index (χ4v) is 1.60. The first-order valence-corrected chi connectivity index (χ1v) is 5.10. The summed E-state index contributed by atoms with van der Waals surface area (Å²) >= 11 is 0. The largest absolute Gasteiger partial charge is 0.444 e. The van der Waals surface area contributed by atoms with Gasteiger partial charge in [-0.05, 0) is 0 Å². The molecule has 1 aromatic rings. The Morgan fingerprint density at radius 2 is 2.06 bits per heavy atom. The molecule has 1 saturated heterocycles. The molecule has 0 unspecified atom stereocenters. The van der Waals surface area contributed by atoms with Crippen molar-refractivity contribution in [3.63, 3.8) is 0 Å².